The second-order valence-electron chi connectivity index (χ2n) is 3.35. The van der Waals surface area contributed by atoms with E-state index in [0.717, 1.165) is 0 Å². The highest BCUT2D eigenvalue weighted by atomic mass is 35.5. The van der Waals surface area contributed by atoms with E-state index in [2.05, 4.69) is 9.72 Å². The smallest absolute Gasteiger partial charge is 0.343 e. The fraction of sp³-hybridized carbons (Fsp3) is 0.0909. The van der Waals surface area contributed by atoms with Crippen LogP contribution in [0.15, 0.2) is 23.0 Å². The molecule has 17 heavy (non-hydrogen) atoms. The van der Waals surface area contributed by atoms with Crippen LogP contribution in [0.2, 0.25) is 10.0 Å². The summed E-state index contributed by atoms with van der Waals surface area (Å²) in [5, 5.41) is 1.30. The first-order chi connectivity index (χ1) is 8.02. The Labute approximate surface area is 106 Å². The van der Waals surface area contributed by atoms with Gasteiger partial charge in [0, 0.05) is 10.4 Å². The van der Waals surface area contributed by atoms with Gasteiger partial charge in [-0.1, -0.05) is 23.2 Å². The summed E-state index contributed by atoms with van der Waals surface area (Å²) < 4.78 is 4.50. The van der Waals surface area contributed by atoms with Crippen molar-refractivity contribution in [2.75, 3.05) is 7.11 Å². The predicted molar refractivity (Wildman–Crippen MR) is 65.9 cm³/mol. The van der Waals surface area contributed by atoms with Crippen molar-refractivity contribution in [3.8, 4) is 0 Å². The van der Waals surface area contributed by atoms with Gasteiger partial charge in [-0.3, -0.25) is 4.79 Å². The number of halogens is 2. The normalized spacial score (nSPS) is 10.5. The van der Waals surface area contributed by atoms with Crippen molar-refractivity contribution in [3.63, 3.8) is 0 Å². The van der Waals surface area contributed by atoms with Crippen LogP contribution in [-0.4, -0.2) is 18.1 Å². The first-order valence-electron chi connectivity index (χ1n) is 4.63. The Bertz CT molecular complexity index is 664. The molecular weight excluding hydrogens is 265 g/mol. The van der Waals surface area contributed by atoms with Crippen LogP contribution in [0.5, 0.6) is 0 Å². The molecule has 0 bridgehead atoms. The molecular formula is C11H7Cl2NO3. The van der Waals surface area contributed by atoms with Gasteiger partial charge in [0.25, 0.3) is 5.56 Å². The van der Waals surface area contributed by atoms with Gasteiger partial charge < -0.3 is 9.72 Å². The zero-order valence-electron chi connectivity index (χ0n) is 8.71. The molecule has 0 aliphatic rings. The molecule has 0 aliphatic heterocycles. The van der Waals surface area contributed by atoms with Crippen LogP contribution in [0.1, 0.15) is 10.4 Å². The molecule has 1 aromatic heterocycles. The Morgan fingerprint density at radius 3 is 2.65 bits per heavy atom. The Morgan fingerprint density at radius 1 is 1.29 bits per heavy atom. The van der Waals surface area contributed by atoms with E-state index in [1.807, 2.05) is 0 Å². The Balaban J connectivity index is 2.81. The molecule has 0 saturated heterocycles. The molecule has 88 valence electrons. The minimum absolute atomic E-state index is 0.0933. The summed E-state index contributed by atoms with van der Waals surface area (Å²) in [5.41, 5.74) is -0.160. The van der Waals surface area contributed by atoms with Gasteiger partial charge in [0.2, 0.25) is 0 Å². The molecule has 0 aliphatic carbocycles. The monoisotopic (exact) mass is 271 g/mol. The number of fused-ring (bicyclic) bond motifs is 1. The maximum absolute atomic E-state index is 11.6. The van der Waals surface area contributed by atoms with Crippen molar-refractivity contribution in [2.45, 2.75) is 0 Å². The molecule has 0 fully saturated rings. The van der Waals surface area contributed by atoms with Crippen LogP contribution in [0.25, 0.3) is 10.9 Å². The van der Waals surface area contributed by atoms with E-state index in [4.69, 9.17) is 23.2 Å². The first-order valence-corrected chi connectivity index (χ1v) is 5.39. The van der Waals surface area contributed by atoms with Gasteiger partial charge in [0.1, 0.15) is 5.56 Å². The first kappa shape index (κ1) is 12.0. The summed E-state index contributed by atoms with van der Waals surface area (Å²) in [6, 6.07) is 4.48. The number of rotatable bonds is 1. The summed E-state index contributed by atoms with van der Waals surface area (Å²) in [6.45, 7) is 0. The molecule has 0 radical (unpaired) electrons. The molecule has 0 unspecified atom stereocenters. The van der Waals surface area contributed by atoms with Crippen LogP contribution in [0.4, 0.5) is 0 Å². The minimum Gasteiger partial charge on any atom is -0.465 e. The number of esters is 1. The molecule has 1 heterocycles. The topological polar surface area (TPSA) is 59.2 Å². The molecule has 0 atom stereocenters. The summed E-state index contributed by atoms with van der Waals surface area (Å²) in [5.74, 6) is -0.709. The Hall–Kier alpha value is -1.52. The van der Waals surface area contributed by atoms with Crippen molar-refractivity contribution >= 4 is 40.1 Å². The molecule has 1 N–H and O–H groups in total. The van der Waals surface area contributed by atoms with E-state index in [9.17, 15) is 9.59 Å². The van der Waals surface area contributed by atoms with E-state index in [0.29, 0.717) is 20.9 Å². The highest BCUT2D eigenvalue weighted by Gasteiger charge is 2.13. The van der Waals surface area contributed by atoms with Crippen LogP contribution >= 0.6 is 23.2 Å². The number of benzene rings is 1. The van der Waals surface area contributed by atoms with Gasteiger partial charge in [0.15, 0.2) is 0 Å². The number of hydrogen-bond acceptors (Lipinski definition) is 3. The Kier molecular flexibility index (Phi) is 3.09. The van der Waals surface area contributed by atoms with E-state index < -0.39 is 11.5 Å². The highest BCUT2D eigenvalue weighted by molar-refractivity contribution is 6.38. The van der Waals surface area contributed by atoms with Crippen LogP contribution < -0.4 is 5.56 Å². The van der Waals surface area contributed by atoms with Crippen LogP contribution in [0.3, 0.4) is 0 Å². The van der Waals surface area contributed by atoms with Crippen molar-refractivity contribution < 1.29 is 9.53 Å². The predicted octanol–water partition coefficient (Wildman–Crippen LogP) is 2.62. The largest absolute Gasteiger partial charge is 0.465 e. The number of ether oxygens (including phenoxy) is 1. The van der Waals surface area contributed by atoms with Crippen molar-refractivity contribution in [2.24, 2.45) is 0 Å². The number of carbonyl (C=O) groups is 1. The maximum Gasteiger partial charge on any atom is 0.343 e. The van der Waals surface area contributed by atoms with E-state index in [1.54, 1.807) is 6.07 Å². The fourth-order valence-corrected chi connectivity index (χ4v) is 2.04. The third kappa shape index (κ3) is 2.14. The van der Waals surface area contributed by atoms with E-state index in [-0.39, 0.29) is 5.56 Å². The second-order valence-corrected chi connectivity index (χ2v) is 4.20. The average Bonchev–Trinajstić information content (AvgIpc) is 2.27. The molecule has 2 rings (SSSR count). The van der Waals surface area contributed by atoms with Crippen molar-refractivity contribution in [1.29, 1.82) is 0 Å². The Morgan fingerprint density at radius 2 is 2.00 bits per heavy atom. The fourth-order valence-electron chi connectivity index (χ4n) is 1.50. The van der Waals surface area contributed by atoms with Crippen molar-refractivity contribution in [1.82, 2.24) is 4.98 Å². The summed E-state index contributed by atoms with van der Waals surface area (Å²) in [7, 11) is 1.20. The number of hydrogen-bond donors (Lipinski definition) is 1. The standard InChI is InChI=1S/C11H7Cl2NO3/c1-17-11(16)7-4-6-8(13)2-5(12)3-9(6)14-10(7)15/h2-4H,1H3,(H,14,15). The number of nitrogens with one attached hydrogen (secondary N) is 1. The average molecular weight is 272 g/mol. The molecule has 0 spiro atoms. The molecule has 0 amide bonds. The third-order valence-corrected chi connectivity index (χ3v) is 2.81. The van der Waals surface area contributed by atoms with Gasteiger partial charge in [-0.15, -0.1) is 0 Å². The van der Waals surface area contributed by atoms with Crippen molar-refractivity contribution in [3.05, 3.63) is 44.2 Å². The van der Waals surface area contributed by atoms with E-state index >= 15 is 0 Å². The SMILES string of the molecule is COC(=O)c1cc2c(Cl)cc(Cl)cc2[nH]c1=O. The lowest BCUT2D eigenvalue weighted by Gasteiger charge is -2.04. The highest BCUT2D eigenvalue weighted by Crippen LogP contribution is 2.26. The number of methoxy groups -OCH3 is 1. The zero-order valence-corrected chi connectivity index (χ0v) is 10.2. The molecule has 4 nitrogen and oxygen atoms in total. The van der Waals surface area contributed by atoms with Gasteiger partial charge in [0.05, 0.1) is 17.6 Å². The number of carbonyl (C=O) groups excluding carboxylic acids is 1. The van der Waals surface area contributed by atoms with E-state index in [1.165, 1.54) is 19.2 Å². The molecule has 0 saturated carbocycles. The quantitative estimate of drug-likeness (QED) is 0.812. The second kappa shape index (κ2) is 4.39. The lowest BCUT2D eigenvalue weighted by Crippen LogP contribution is -2.18. The lowest BCUT2D eigenvalue weighted by molar-refractivity contribution is 0.0599. The number of H-pyrrole nitrogens is 1. The number of aromatic amines is 1. The van der Waals surface area contributed by atoms with Crippen LogP contribution in [-0.2, 0) is 4.74 Å². The zero-order chi connectivity index (χ0) is 12.6. The number of pyridine rings is 1. The van der Waals surface area contributed by atoms with Gasteiger partial charge in [-0.25, -0.2) is 4.79 Å². The lowest BCUT2D eigenvalue weighted by atomic mass is 10.1. The maximum atomic E-state index is 11.6. The minimum atomic E-state index is -0.709. The molecule has 1 aromatic carbocycles. The van der Waals surface area contributed by atoms with Gasteiger partial charge in [-0.05, 0) is 18.2 Å². The summed E-state index contributed by atoms with van der Waals surface area (Å²) in [6.07, 6.45) is 0. The third-order valence-electron chi connectivity index (χ3n) is 2.28. The summed E-state index contributed by atoms with van der Waals surface area (Å²) >= 11 is 11.8. The molecule has 2 aromatic rings. The number of aromatic nitrogens is 1. The van der Waals surface area contributed by atoms with Gasteiger partial charge in [-0.2, -0.15) is 0 Å². The van der Waals surface area contributed by atoms with Gasteiger partial charge >= 0.3 is 5.97 Å². The summed E-state index contributed by atoms with van der Waals surface area (Å²) in [4.78, 5) is 25.5. The molecule has 6 heteroatoms. The van der Waals surface area contributed by atoms with Crippen LogP contribution in [0, 0.1) is 0 Å².